The van der Waals surface area contributed by atoms with Crippen LogP contribution in [0, 0.1) is 5.92 Å². The van der Waals surface area contributed by atoms with Crippen LogP contribution in [0.4, 0.5) is 0 Å². The Balaban J connectivity index is 1.76. The van der Waals surface area contributed by atoms with Crippen LogP contribution in [-0.2, 0) is 4.74 Å². The highest BCUT2D eigenvalue weighted by Crippen LogP contribution is 2.32. The van der Waals surface area contributed by atoms with Crippen LogP contribution in [-0.4, -0.2) is 60.3 Å². The van der Waals surface area contributed by atoms with E-state index in [9.17, 15) is 0 Å². The predicted octanol–water partition coefficient (Wildman–Crippen LogP) is 1.97. The van der Waals surface area contributed by atoms with Crippen LogP contribution in [0.15, 0.2) is 0 Å². The summed E-state index contributed by atoms with van der Waals surface area (Å²) in [6, 6.07) is 2.22. The van der Waals surface area contributed by atoms with Crippen molar-refractivity contribution in [3.63, 3.8) is 0 Å². The number of hydrogen-bond acceptors (Lipinski definition) is 3. The number of hydrogen-bond donors (Lipinski definition) is 0. The van der Waals surface area contributed by atoms with Crippen LogP contribution in [0.2, 0.25) is 0 Å². The minimum Gasteiger partial charge on any atom is -0.377 e. The lowest BCUT2D eigenvalue weighted by atomic mass is 9.94. The van der Waals surface area contributed by atoms with Gasteiger partial charge in [0.15, 0.2) is 0 Å². The number of fused-ring (bicyclic) bond motifs is 1. The van der Waals surface area contributed by atoms with Gasteiger partial charge in [-0.2, -0.15) is 0 Å². The number of piperazine rings is 1. The average molecular weight is 252 g/mol. The van der Waals surface area contributed by atoms with Crippen molar-refractivity contribution in [2.24, 2.45) is 5.92 Å². The molecule has 3 fully saturated rings. The molecule has 4 unspecified atom stereocenters. The molecular weight excluding hydrogens is 224 g/mol. The van der Waals surface area contributed by atoms with Gasteiger partial charge < -0.3 is 4.74 Å². The smallest absolute Gasteiger partial charge is 0.0703 e. The highest BCUT2D eigenvalue weighted by atomic mass is 16.5. The highest BCUT2D eigenvalue weighted by molar-refractivity contribution is 4.97. The molecule has 104 valence electrons. The van der Waals surface area contributed by atoms with Crippen molar-refractivity contribution in [3.8, 4) is 0 Å². The Morgan fingerprint density at radius 2 is 2.00 bits per heavy atom. The molecule has 0 spiro atoms. The summed E-state index contributed by atoms with van der Waals surface area (Å²) in [6.45, 7) is 11.9. The van der Waals surface area contributed by atoms with Crippen LogP contribution in [0.3, 0.4) is 0 Å². The minimum atomic E-state index is 0.430. The van der Waals surface area contributed by atoms with Gasteiger partial charge in [-0.15, -0.1) is 0 Å². The van der Waals surface area contributed by atoms with Gasteiger partial charge in [-0.3, -0.25) is 9.80 Å². The molecular formula is C15H28N2O. The molecule has 4 atom stereocenters. The second-order valence-corrected chi connectivity index (χ2v) is 6.73. The van der Waals surface area contributed by atoms with Crippen molar-refractivity contribution in [1.82, 2.24) is 9.80 Å². The van der Waals surface area contributed by atoms with Gasteiger partial charge in [0.05, 0.1) is 6.10 Å². The second-order valence-electron chi connectivity index (χ2n) is 6.73. The van der Waals surface area contributed by atoms with Crippen LogP contribution >= 0.6 is 0 Å². The van der Waals surface area contributed by atoms with Gasteiger partial charge in [-0.05, 0) is 38.6 Å². The monoisotopic (exact) mass is 252 g/mol. The fourth-order valence-corrected chi connectivity index (χ4v) is 4.20. The van der Waals surface area contributed by atoms with Crippen LogP contribution < -0.4 is 0 Å². The van der Waals surface area contributed by atoms with E-state index in [0.717, 1.165) is 24.6 Å². The molecule has 0 aromatic heterocycles. The van der Waals surface area contributed by atoms with E-state index >= 15 is 0 Å². The molecule has 3 heteroatoms. The van der Waals surface area contributed by atoms with E-state index in [2.05, 4.69) is 30.6 Å². The van der Waals surface area contributed by atoms with Crippen LogP contribution in [0.25, 0.3) is 0 Å². The quantitative estimate of drug-likeness (QED) is 0.747. The third-order valence-electron chi connectivity index (χ3n) is 5.30. The molecule has 3 nitrogen and oxygen atoms in total. The van der Waals surface area contributed by atoms with Gasteiger partial charge in [0.1, 0.15) is 0 Å². The molecule has 3 rings (SSSR count). The summed E-state index contributed by atoms with van der Waals surface area (Å²) in [5.74, 6) is 0.749. The molecule has 0 saturated carbocycles. The SMILES string of the molecule is CC(C)C1CN2CCCC2CN1C1CCOC1C. The van der Waals surface area contributed by atoms with Gasteiger partial charge in [0, 0.05) is 37.8 Å². The van der Waals surface area contributed by atoms with Crippen molar-refractivity contribution in [2.45, 2.75) is 64.3 Å². The summed E-state index contributed by atoms with van der Waals surface area (Å²) in [6.07, 6.45) is 4.47. The maximum Gasteiger partial charge on any atom is 0.0703 e. The summed E-state index contributed by atoms with van der Waals surface area (Å²) < 4.78 is 5.80. The number of ether oxygens (including phenoxy) is 1. The zero-order chi connectivity index (χ0) is 12.7. The van der Waals surface area contributed by atoms with Gasteiger partial charge >= 0.3 is 0 Å². The Morgan fingerprint density at radius 3 is 2.67 bits per heavy atom. The molecule has 0 radical (unpaired) electrons. The Kier molecular flexibility index (Phi) is 3.65. The Morgan fingerprint density at radius 1 is 1.17 bits per heavy atom. The van der Waals surface area contributed by atoms with Crippen molar-refractivity contribution in [2.75, 3.05) is 26.2 Å². The largest absolute Gasteiger partial charge is 0.377 e. The molecule has 0 aromatic rings. The lowest BCUT2D eigenvalue weighted by molar-refractivity contribution is -0.0207. The molecule has 0 amide bonds. The Labute approximate surface area is 111 Å². The summed E-state index contributed by atoms with van der Waals surface area (Å²) in [7, 11) is 0. The molecule has 18 heavy (non-hydrogen) atoms. The molecule has 0 aliphatic carbocycles. The normalized spacial score (nSPS) is 42.7. The van der Waals surface area contributed by atoms with Crippen LogP contribution in [0.1, 0.15) is 40.0 Å². The molecule has 3 heterocycles. The minimum absolute atomic E-state index is 0.430. The second kappa shape index (κ2) is 5.10. The van der Waals surface area contributed by atoms with E-state index in [1.54, 1.807) is 0 Å². The zero-order valence-corrected chi connectivity index (χ0v) is 12.1. The first-order chi connectivity index (χ1) is 8.66. The first kappa shape index (κ1) is 12.9. The fourth-order valence-electron chi connectivity index (χ4n) is 4.20. The van der Waals surface area contributed by atoms with Crippen molar-refractivity contribution < 1.29 is 4.74 Å². The highest BCUT2D eigenvalue weighted by Gasteiger charge is 2.42. The first-order valence-corrected chi connectivity index (χ1v) is 7.78. The molecule has 3 aliphatic rings. The van der Waals surface area contributed by atoms with E-state index in [0.29, 0.717) is 12.1 Å². The topological polar surface area (TPSA) is 15.7 Å². The van der Waals surface area contributed by atoms with Crippen molar-refractivity contribution in [3.05, 3.63) is 0 Å². The molecule has 0 aromatic carbocycles. The summed E-state index contributed by atoms with van der Waals surface area (Å²) in [4.78, 5) is 5.54. The summed E-state index contributed by atoms with van der Waals surface area (Å²) in [5.41, 5.74) is 0. The predicted molar refractivity (Wildman–Crippen MR) is 73.7 cm³/mol. The molecule has 0 bridgehead atoms. The zero-order valence-electron chi connectivity index (χ0n) is 12.1. The first-order valence-electron chi connectivity index (χ1n) is 7.78. The Bertz CT molecular complexity index is 294. The molecule has 0 N–H and O–H groups in total. The van der Waals surface area contributed by atoms with Crippen molar-refractivity contribution in [1.29, 1.82) is 0 Å². The van der Waals surface area contributed by atoms with Gasteiger partial charge in [0.2, 0.25) is 0 Å². The Hall–Kier alpha value is -0.120. The standard InChI is InChI=1S/C15H28N2O/c1-11(2)15-10-16-7-4-5-13(16)9-17(15)14-6-8-18-12(14)3/h11-15H,4-10H2,1-3H3. The van der Waals surface area contributed by atoms with Gasteiger partial charge in [-0.25, -0.2) is 0 Å². The lowest BCUT2D eigenvalue weighted by Crippen LogP contribution is -2.61. The van der Waals surface area contributed by atoms with E-state index in [1.165, 1.54) is 38.9 Å². The molecule has 3 saturated heterocycles. The van der Waals surface area contributed by atoms with Crippen molar-refractivity contribution >= 4 is 0 Å². The summed E-state index contributed by atoms with van der Waals surface area (Å²) in [5, 5.41) is 0. The summed E-state index contributed by atoms with van der Waals surface area (Å²) >= 11 is 0. The fraction of sp³-hybridized carbons (Fsp3) is 1.00. The maximum absolute atomic E-state index is 5.80. The average Bonchev–Trinajstić information content (AvgIpc) is 2.94. The van der Waals surface area contributed by atoms with E-state index in [1.807, 2.05) is 0 Å². The van der Waals surface area contributed by atoms with Crippen LogP contribution in [0.5, 0.6) is 0 Å². The third kappa shape index (κ3) is 2.21. The van der Waals surface area contributed by atoms with Gasteiger partial charge in [-0.1, -0.05) is 13.8 Å². The van der Waals surface area contributed by atoms with E-state index in [-0.39, 0.29) is 0 Å². The van der Waals surface area contributed by atoms with Gasteiger partial charge in [0.25, 0.3) is 0 Å². The third-order valence-corrected chi connectivity index (χ3v) is 5.30. The maximum atomic E-state index is 5.80. The van der Waals surface area contributed by atoms with E-state index < -0.39 is 0 Å². The molecule has 3 aliphatic heterocycles. The van der Waals surface area contributed by atoms with E-state index in [4.69, 9.17) is 4.74 Å². The lowest BCUT2D eigenvalue weighted by Gasteiger charge is -2.48. The number of nitrogens with zero attached hydrogens (tertiary/aromatic N) is 2. The number of rotatable bonds is 2.